The summed E-state index contributed by atoms with van der Waals surface area (Å²) in [4.78, 5) is 2.21. The zero-order valence-electron chi connectivity index (χ0n) is 5.43. The standard InChI is InChI=1S/C6H12BN/c1-8-5-3-2-4-6(8)7/h6H,2-5H2,1H3. The van der Waals surface area contributed by atoms with Crippen LogP contribution in [0.25, 0.3) is 0 Å². The van der Waals surface area contributed by atoms with Crippen LogP contribution in [0.15, 0.2) is 0 Å². The fourth-order valence-electron chi connectivity index (χ4n) is 1.10. The summed E-state index contributed by atoms with van der Waals surface area (Å²) < 4.78 is 0. The molecule has 1 nitrogen and oxygen atoms in total. The molecule has 0 aromatic heterocycles. The van der Waals surface area contributed by atoms with Gasteiger partial charge in [0, 0.05) is 0 Å². The van der Waals surface area contributed by atoms with Crippen LogP contribution in [0, 0.1) is 0 Å². The molecule has 1 heterocycles. The third kappa shape index (κ3) is 1.25. The molecule has 8 heavy (non-hydrogen) atoms. The minimum atomic E-state index is 0.337. The zero-order chi connectivity index (χ0) is 5.98. The van der Waals surface area contributed by atoms with Gasteiger partial charge in [-0.25, -0.2) is 0 Å². The Balaban J connectivity index is 2.28. The van der Waals surface area contributed by atoms with E-state index in [9.17, 15) is 0 Å². The number of hydrogen-bond donors (Lipinski definition) is 0. The van der Waals surface area contributed by atoms with Crippen molar-refractivity contribution in [2.75, 3.05) is 13.6 Å². The van der Waals surface area contributed by atoms with Gasteiger partial charge in [-0.05, 0) is 32.4 Å². The maximum atomic E-state index is 5.70. The molecule has 1 rings (SSSR count). The van der Waals surface area contributed by atoms with Crippen LogP contribution < -0.4 is 0 Å². The SMILES string of the molecule is [B]C1CCCCN1C. The molecule has 0 aromatic carbocycles. The number of hydrogen-bond acceptors (Lipinski definition) is 1. The molecule has 2 heteroatoms. The highest BCUT2D eigenvalue weighted by atomic mass is 15.1. The monoisotopic (exact) mass is 109 g/mol. The van der Waals surface area contributed by atoms with Crippen molar-refractivity contribution in [3.05, 3.63) is 0 Å². The molecule has 0 amide bonds. The summed E-state index contributed by atoms with van der Waals surface area (Å²) >= 11 is 0. The van der Waals surface area contributed by atoms with Crippen molar-refractivity contribution < 1.29 is 0 Å². The lowest BCUT2D eigenvalue weighted by Gasteiger charge is -2.29. The van der Waals surface area contributed by atoms with Gasteiger partial charge in [-0.1, -0.05) is 6.42 Å². The average Bonchev–Trinajstić information content (AvgIpc) is 1.77. The van der Waals surface area contributed by atoms with Gasteiger partial charge in [0.2, 0.25) is 0 Å². The van der Waals surface area contributed by atoms with Crippen LogP contribution in [0.5, 0.6) is 0 Å². The number of likely N-dealkylation sites (tertiary alicyclic amines) is 1. The van der Waals surface area contributed by atoms with Gasteiger partial charge in [-0.3, -0.25) is 0 Å². The van der Waals surface area contributed by atoms with Crippen LogP contribution >= 0.6 is 0 Å². The predicted octanol–water partition coefficient (Wildman–Crippen LogP) is 0.597. The first-order valence-corrected chi connectivity index (χ1v) is 3.26. The van der Waals surface area contributed by atoms with Crippen LogP contribution in [0.3, 0.4) is 0 Å². The topological polar surface area (TPSA) is 3.24 Å². The Bertz CT molecular complexity index is 64.9. The molecule has 1 aliphatic rings. The Labute approximate surface area is 52.5 Å². The van der Waals surface area contributed by atoms with E-state index in [0.717, 1.165) is 0 Å². The van der Waals surface area contributed by atoms with Gasteiger partial charge in [0.25, 0.3) is 0 Å². The third-order valence-corrected chi connectivity index (χ3v) is 1.83. The van der Waals surface area contributed by atoms with Gasteiger partial charge in [0.05, 0.1) is 7.85 Å². The first kappa shape index (κ1) is 6.15. The van der Waals surface area contributed by atoms with Crippen molar-refractivity contribution in [1.29, 1.82) is 0 Å². The molecule has 0 bridgehead atoms. The van der Waals surface area contributed by atoms with E-state index in [0.29, 0.717) is 5.94 Å². The lowest BCUT2D eigenvalue weighted by molar-refractivity contribution is 0.246. The van der Waals surface area contributed by atoms with Gasteiger partial charge in [0.1, 0.15) is 0 Å². The number of rotatable bonds is 0. The van der Waals surface area contributed by atoms with Crippen molar-refractivity contribution >= 4 is 7.85 Å². The number of piperidine rings is 1. The zero-order valence-corrected chi connectivity index (χ0v) is 5.43. The minimum Gasteiger partial charge on any atom is -0.312 e. The second-order valence-electron chi connectivity index (χ2n) is 2.54. The second kappa shape index (κ2) is 2.54. The summed E-state index contributed by atoms with van der Waals surface area (Å²) in [5.74, 6) is 0.337. The Morgan fingerprint density at radius 2 is 2.25 bits per heavy atom. The highest BCUT2D eigenvalue weighted by molar-refractivity contribution is 6.11. The third-order valence-electron chi connectivity index (χ3n) is 1.83. The molecule has 1 fully saturated rings. The van der Waals surface area contributed by atoms with E-state index in [1.807, 2.05) is 0 Å². The smallest absolute Gasteiger partial charge is 0.0910 e. The molecular formula is C6H12BN. The molecule has 0 saturated carbocycles. The molecule has 0 aliphatic carbocycles. The van der Waals surface area contributed by atoms with Crippen molar-refractivity contribution in [3.8, 4) is 0 Å². The van der Waals surface area contributed by atoms with E-state index in [1.54, 1.807) is 0 Å². The summed E-state index contributed by atoms with van der Waals surface area (Å²) in [6, 6.07) is 0. The summed E-state index contributed by atoms with van der Waals surface area (Å²) in [7, 11) is 7.79. The highest BCUT2D eigenvalue weighted by Gasteiger charge is 2.11. The van der Waals surface area contributed by atoms with Gasteiger partial charge < -0.3 is 4.90 Å². The van der Waals surface area contributed by atoms with E-state index in [4.69, 9.17) is 7.85 Å². The lowest BCUT2D eigenvalue weighted by atomic mass is 9.87. The van der Waals surface area contributed by atoms with E-state index >= 15 is 0 Å². The van der Waals surface area contributed by atoms with Gasteiger partial charge >= 0.3 is 0 Å². The normalized spacial score (nSPS) is 32.9. The van der Waals surface area contributed by atoms with E-state index < -0.39 is 0 Å². The van der Waals surface area contributed by atoms with Crippen LogP contribution in [0.1, 0.15) is 19.3 Å². The molecule has 1 saturated heterocycles. The lowest BCUT2D eigenvalue weighted by Crippen LogP contribution is -2.36. The molecule has 0 aromatic rings. The van der Waals surface area contributed by atoms with Crippen LogP contribution in [-0.4, -0.2) is 32.3 Å². The maximum absolute atomic E-state index is 5.70. The molecular weight excluding hydrogens is 96.9 g/mol. The van der Waals surface area contributed by atoms with Crippen molar-refractivity contribution in [2.45, 2.75) is 25.2 Å². The summed E-state index contributed by atoms with van der Waals surface area (Å²) in [5, 5.41) is 0. The highest BCUT2D eigenvalue weighted by Crippen LogP contribution is 2.10. The summed E-state index contributed by atoms with van der Waals surface area (Å²) in [5.41, 5.74) is 0. The molecule has 44 valence electrons. The predicted molar refractivity (Wildman–Crippen MR) is 36.0 cm³/mol. The maximum Gasteiger partial charge on any atom is 0.0910 e. The van der Waals surface area contributed by atoms with Crippen molar-refractivity contribution in [2.24, 2.45) is 0 Å². The molecule has 2 radical (unpaired) electrons. The van der Waals surface area contributed by atoms with Crippen LogP contribution in [0.2, 0.25) is 0 Å². The molecule has 1 aliphatic heterocycles. The van der Waals surface area contributed by atoms with E-state index in [-0.39, 0.29) is 0 Å². The van der Waals surface area contributed by atoms with Gasteiger partial charge in [0.15, 0.2) is 0 Å². The second-order valence-corrected chi connectivity index (χ2v) is 2.54. The molecule has 1 unspecified atom stereocenters. The Morgan fingerprint density at radius 1 is 1.50 bits per heavy atom. The Hall–Kier alpha value is 0.0249. The summed E-state index contributed by atoms with van der Waals surface area (Å²) in [6.45, 7) is 1.18. The largest absolute Gasteiger partial charge is 0.312 e. The molecule has 1 atom stereocenters. The van der Waals surface area contributed by atoms with Gasteiger partial charge in [-0.2, -0.15) is 0 Å². The first-order chi connectivity index (χ1) is 3.80. The van der Waals surface area contributed by atoms with E-state index in [1.165, 1.54) is 25.8 Å². The molecule has 0 N–H and O–H groups in total. The fraction of sp³-hybridized carbons (Fsp3) is 1.00. The Kier molecular flexibility index (Phi) is 1.95. The van der Waals surface area contributed by atoms with E-state index in [2.05, 4.69) is 11.9 Å². The molecule has 0 spiro atoms. The van der Waals surface area contributed by atoms with Crippen molar-refractivity contribution in [3.63, 3.8) is 0 Å². The Morgan fingerprint density at radius 3 is 2.62 bits per heavy atom. The fourth-order valence-corrected chi connectivity index (χ4v) is 1.10. The minimum absolute atomic E-state index is 0.337. The van der Waals surface area contributed by atoms with Crippen LogP contribution in [0.4, 0.5) is 0 Å². The number of nitrogens with zero attached hydrogens (tertiary/aromatic N) is 1. The average molecular weight is 109 g/mol. The summed E-state index contributed by atoms with van der Waals surface area (Å²) in [6.07, 6.45) is 3.81. The van der Waals surface area contributed by atoms with Crippen molar-refractivity contribution in [1.82, 2.24) is 4.90 Å². The van der Waals surface area contributed by atoms with Gasteiger partial charge in [-0.15, -0.1) is 0 Å². The van der Waals surface area contributed by atoms with Crippen LogP contribution in [-0.2, 0) is 0 Å². The quantitative estimate of drug-likeness (QED) is 0.411. The first-order valence-electron chi connectivity index (χ1n) is 3.26.